The molecule has 0 bridgehead atoms. The van der Waals surface area contributed by atoms with Crippen molar-refractivity contribution < 1.29 is 9.53 Å². The van der Waals surface area contributed by atoms with Crippen molar-refractivity contribution in [3.05, 3.63) is 78.6 Å². The minimum absolute atomic E-state index is 0.319. The number of esters is 1. The molecule has 3 N–H and O–H groups in total. The molecule has 0 saturated heterocycles. The highest BCUT2D eigenvalue weighted by molar-refractivity contribution is 5.97. The third-order valence-electron chi connectivity index (χ3n) is 5.13. The van der Waals surface area contributed by atoms with Gasteiger partial charge in [0.15, 0.2) is 11.6 Å². The number of hydrogen-bond donors (Lipinski definition) is 2. The van der Waals surface area contributed by atoms with Gasteiger partial charge in [0.05, 0.1) is 17.9 Å². The molecule has 4 rings (SSSR count). The molecular formula is C25H25N5O2. The van der Waals surface area contributed by atoms with E-state index >= 15 is 0 Å². The quantitative estimate of drug-likeness (QED) is 0.387. The molecule has 3 aromatic carbocycles. The highest BCUT2D eigenvalue weighted by Crippen LogP contribution is 2.36. The van der Waals surface area contributed by atoms with Crippen molar-refractivity contribution in [3.8, 4) is 0 Å². The summed E-state index contributed by atoms with van der Waals surface area (Å²) in [7, 11) is 0. The number of anilines is 5. The first kappa shape index (κ1) is 21.1. The number of nitrogens with two attached hydrogens (primary N) is 1. The number of rotatable bonds is 7. The second-order valence-corrected chi connectivity index (χ2v) is 7.13. The van der Waals surface area contributed by atoms with Gasteiger partial charge < -0.3 is 20.7 Å². The van der Waals surface area contributed by atoms with Crippen LogP contribution in [0.4, 0.5) is 28.7 Å². The molecule has 0 spiro atoms. The number of carbonyl (C=O) groups excluding carboxylic acids is 1. The van der Waals surface area contributed by atoms with Crippen molar-refractivity contribution in [2.24, 2.45) is 0 Å². The Labute approximate surface area is 186 Å². The zero-order chi connectivity index (χ0) is 22.5. The molecule has 0 unspecified atom stereocenters. The molecule has 7 nitrogen and oxygen atoms in total. The summed E-state index contributed by atoms with van der Waals surface area (Å²) in [4.78, 5) is 22.9. The molecule has 4 aromatic rings. The number of fused-ring (bicyclic) bond motifs is 1. The lowest BCUT2D eigenvalue weighted by Gasteiger charge is -2.25. The monoisotopic (exact) mass is 427 g/mol. The van der Waals surface area contributed by atoms with Crippen LogP contribution in [0.15, 0.2) is 73.1 Å². The van der Waals surface area contributed by atoms with Crippen LogP contribution >= 0.6 is 0 Å². The molecule has 7 heteroatoms. The summed E-state index contributed by atoms with van der Waals surface area (Å²) < 4.78 is 5.08. The molecule has 0 saturated carbocycles. The van der Waals surface area contributed by atoms with Crippen molar-refractivity contribution >= 4 is 45.4 Å². The largest absolute Gasteiger partial charge is 0.462 e. The molecular weight excluding hydrogens is 402 g/mol. The van der Waals surface area contributed by atoms with Gasteiger partial charge in [-0.1, -0.05) is 42.5 Å². The van der Waals surface area contributed by atoms with E-state index in [-0.39, 0.29) is 5.97 Å². The molecule has 162 valence electrons. The van der Waals surface area contributed by atoms with E-state index in [2.05, 4.69) is 51.4 Å². The van der Waals surface area contributed by atoms with E-state index < -0.39 is 0 Å². The number of hydrogen-bond acceptors (Lipinski definition) is 7. The summed E-state index contributed by atoms with van der Waals surface area (Å²) in [5.74, 6) is 0.707. The van der Waals surface area contributed by atoms with Crippen LogP contribution in [0.25, 0.3) is 10.8 Å². The summed E-state index contributed by atoms with van der Waals surface area (Å²) in [5, 5.41) is 5.47. The Bertz CT molecular complexity index is 1250. The minimum Gasteiger partial charge on any atom is -0.462 e. The van der Waals surface area contributed by atoms with E-state index in [1.165, 1.54) is 6.33 Å². The van der Waals surface area contributed by atoms with E-state index in [0.717, 1.165) is 16.5 Å². The fraction of sp³-hybridized carbons (Fsp3) is 0.160. The second kappa shape index (κ2) is 9.34. The highest BCUT2D eigenvalue weighted by Gasteiger charge is 2.18. The highest BCUT2D eigenvalue weighted by atomic mass is 16.5. The Morgan fingerprint density at radius 2 is 1.81 bits per heavy atom. The van der Waals surface area contributed by atoms with Crippen molar-refractivity contribution in [1.82, 2.24) is 9.97 Å². The van der Waals surface area contributed by atoms with Gasteiger partial charge in [-0.2, -0.15) is 0 Å². The molecule has 0 amide bonds. The van der Waals surface area contributed by atoms with E-state index in [9.17, 15) is 4.79 Å². The minimum atomic E-state index is -0.374. The number of ether oxygens (including phenoxy) is 1. The molecule has 0 aliphatic rings. The number of nitrogen functional groups attached to an aromatic ring is 1. The van der Waals surface area contributed by atoms with Crippen LogP contribution in [0.5, 0.6) is 0 Å². The fourth-order valence-corrected chi connectivity index (χ4v) is 3.65. The van der Waals surface area contributed by atoms with Gasteiger partial charge >= 0.3 is 5.97 Å². The normalized spacial score (nSPS) is 10.7. The number of carbonyl (C=O) groups is 1. The Kier molecular flexibility index (Phi) is 6.17. The molecule has 0 aliphatic heterocycles. The maximum absolute atomic E-state index is 12.1. The van der Waals surface area contributed by atoms with Crippen molar-refractivity contribution in [2.75, 3.05) is 29.1 Å². The average Bonchev–Trinajstić information content (AvgIpc) is 2.82. The first-order valence-corrected chi connectivity index (χ1v) is 10.5. The number of nitrogens with zero attached hydrogens (tertiary/aromatic N) is 3. The Morgan fingerprint density at radius 3 is 2.62 bits per heavy atom. The average molecular weight is 428 g/mol. The predicted octanol–water partition coefficient (Wildman–Crippen LogP) is 5.29. The maximum atomic E-state index is 12.1. The smallest absolute Gasteiger partial charge is 0.338 e. The Hall–Kier alpha value is -4.13. The lowest BCUT2D eigenvalue weighted by molar-refractivity contribution is 0.0526. The third kappa shape index (κ3) is 4.18. The van der Waals surface area contributed by atoms with Gasteiger partial charge in [0.25, 0.3) is 0 Å². The SMILES string of the molecule is CCOC(=O)c1cccc(Nc2ncnc(N(CC)c3cccc4ccccc34)c2N)c1. The van der Waals surface area contributed by atoms with Crippen molar-refractivity contribution in [3.63, 3.8) is 0 Å². The zero-order valence-corrected chi connectivity index (χ0v) is 18.1. The van der Waals surface area contributed by atoms with Gasteiger partial charge in [-0.25, -0.2) is 14.8 Å². The van der Waals surface area contributed by atoms with E-state index in [1.54, 1.807) is 25.1 Å². The van der Waals surface area contributed by atoms with E-state index in [4.69, 9.17) is 10.5 Å². The first-order chi connectivity index (χ1) is 15.6. The standard InChI is InChI=1S/C25H25N5O2/c1-3-30(21-14-8-10-17-9-5-6-13-20(17)21)24-22(26)23(27-16-28-24)29-19-12-7-11-18(15-19)25(31)32-4-2/h5-16H,3-4,26H2,1-2H3,(H,27,28,29). The summed E-state index contributed by atoms with van der Waals surface area (Å²) in [6.45, 7) is 4.82. The van der Waals surface area contributed by atoms with Gasteiger partial charge in [-0.3, -0.25) is 0 Å². The van der Waals surface area contributed by atoms with Gasteiger partial charge in [0.1, 0.15) is 12.0 Å². The molecule has 1 aromatic heterocycles. The van der Waals surface area contributed by atoms with E-state index in [1.807, 2.05) is 24.3 Å². The Morgan fingerprint density at radius 1 is 1.03 bits per heavy atom. The Balaban J connectivity index is 1.69. The van der Waals surface area contributed by atoms with Crippen LogP contribution in [0.3, 0.4) is 0 Å². The van der Waals surface area contributed by atoms with Crippen LogP contribution in [0.2, 0.25) is 0 Å². The van der Waals surface area contributed by atoms with Crippen molar-refractivity contribution in [1.29, 1.82) is 0 Å². The van der Waals surface area contributed by atoms with Gasteiger partial charge in [-0.15, -0.1) is 0 Å². The summed E-state index contributed by atoms with van der Waals surface area (Å²) in [6.07, 6.45) is 1.48. The first-order valence-electron chi connectivity index (χ1n) is 10.5. The molecule has 0 radical (unpaired) electrons. The number of nitrogens with one attached hydrogen (secondary N) is 1. The summed E-state index contributed by atoms with van der Waals surface area (Å²) in [5.41, 5.74) is 9.09. The van der Waals surface area contributed by atoms with Gasteiger partial charge in [-0.05, 0) is 43.5 Å². The van der Waals surface area contributed by atoms with E-state index in [0.29, 0.717) is 41.7 Å². The number of benzene rings is 3. The van der Waals surface area contributed by atoms with Crippen molar-refractivity contribution in [2.45, 2.75) is 13.8 Å². The predicted molar refractivity (Wildman–Crippen MR) is 129 cm³/mol. The topological polar surface area (TPSA) is 93.4 Å². The molecule has 0 aliphatic carbocycles. The van der Waals surface area contributed by atoms with Gasteiger partial charge in [0, 0.05) is 17.6 Å². The van der Waals surface area contributed by atoms with Gasteiger partial charge in [0.2, 0.25) is 0 Å². The lowest BCUT2D eigenvalue weighted by atomic mass is 10.1. The molecule has 0 atom stereocenters. The third-order valence-corrected chi connectivity index (χ3v) is 5.13. The molecule has 0 fully saturated rings. The maximum Gasteiger partial charge on any atom is 0.338 e. The van der Waals surface area contributed by atoms with Crippen LogP contribution in [0.1, 0.15) is 24.2 Å². The lowest BCUT2D eigenvalue weighted by Crippen LogP contribution is -2.20. The number of aromatic nitrogens is 2. The van der Waals surface area contributed by atoms with Crippen LogP contribution in [0, 0.1) is 0 Å². The van der Waals surface area contributed by atoms with Crippen LogP contribution in [-0.2, 0) is 4.74 Å². The zero-order valence-electron chi connectivity index (χ0n) is 18.1. The second-order valence-electron chi connectivity index (χ2n) is 7.13. The summed E-state index contributed by atoms with van der Waals surface area (Å²) in [6, 6.07) is 21.4. The summed E-state index contributed by atoms with van der Waals surface area (Å²) >= 11 is 0. The molecule has 1 heterocycles. The van der Waals surface area contributed by atoms with Crippen LogP contribution < -0.4 is 16.0 Å². The fourth-order valence-electron chi connectivity index (χ4n) is 3.65. The van der Waals surface area contributed by atoms with Crippen LogP contribution in [-0.4, -0.2) is 29.1 Å². The molecule has 32 heavy (non-hydrogen) atoms.